The number of rotatable bonds is 10. The summed E-state index contributed by atoms with van der Waals surface area (Å²) in [5.41, 5.74) is 0.866. The van der Waals surface area contributed by atoms with Crippen LogP contribution in [0.5, 0.6) is 5.75 Å². The molecule has 1 saturated carbocycles. The van der Waals surface area contributed by atoms with Crippen molar-refractivity contribution in [1.29, 1.82) is 0 Å². The predicted octanol–water partition coefficient (Wildman–Crippen LogP) is 2.46. The standard InChI is InChI=1S/C23H33N7O4S/c1-16(14-31)15-34-21-6-4-5-20-19(21)13-25-29(20)22-11-12-24-23(27-22)26-17-7-9-18(10-8-17)30(28(2)3)35(32)33/h4-6,11-13,16-18,31H,7-10,14-15H2,1-3H3,(H,32,33)(H,24,26,27). The van der Waals surface area contributed by atoms with Gasteiger partial charge in [-0.3, -0.25) is 4.55 Å². The number of hydrogen-bond donors (Lipinski definition) is 3. The first-order valence-corrected chi connectivity index (χ1v) is 12.8. The molecule has 2 unspecified atom stereocenters. The zero-order valence-corrected chi connectivity index (χ0v) is 21.1. The lowest BCUT2D eigenvalue weighted by atomic mass is 9.91. The Balaban J connectivity index is 1.45. The minimum absolute atomic E-state index is 0.0216. The molecule has 0 bridgehead atoms. The highest BCUT2D eigenvalue weighted by atomic mass is 32.2. The van der Waals surface area contributed by atoms with E-state index in [-0.39, 0.29) is 24.6 Å². The first-order chi connectivity index (χ1) is 16.9. The smallest absolute Gasteiger partial charge is 0.249 e. The van der Waals surface area contributed by atoms with E-state index in [1.165, 1.54) is 4.41 Å². The van der Waals surface area contributed by atoms with Gasteiger partial charge in [-0.1, -0.05) is 13.0 Å². The van der Waals surface area contributed by atoms with Gasteiger partial charge in [0, 0.05) is 51.0 Å². The summed E-state index contributed by atoms with van der Waals surface area (Å²) in [6.45, 7) is 2.42. The number of aromatic nitrogens is 4. The maximum atomic E-state index is 11.7. The third-order valence-electron chi connectivity index (χ3n) is 6.16. The van der Waals surface area contributed by atoms with E-state index in [1.54, 1.807) is 42.2 Å². The molecule has 0 saturated heterocycles. The lowest BCUT2D eigenvalue weighted by Gasteiger charge is -2.37. The second-order valence-corrected chi connectivity index (χ2v) is 9.95. The lowest BCUT2D eigenvalue weighted by molar-refractivity contribution is 0.0567. The molecule has 35 heavy (non-hydrogen) atoms. The molecule has 1 aliphatic carbocycles. The van der Waals surface area contributed by atoms with E-state index in [0.717, 1.165) is 36.6 Å². The first-order valence-electron chi connectivity index (χ1n) is 11.7. The third kappa shape index (κ3) is 5.96. The normalized spacial score (nSPS) is 20.3. The Morgan fingerprint density at radius 2 is 2.03 bits per heavy atom. The third-order valence-corrected chi connectivity index (χ3v) is 7.11. The zero-order valence-electron chi connectivity index (χ0n) is 20.2. The van der Waals surface area contributed by atoms with E-state index in [1.807, 2.05) is 25.1 Å². The van der Waals surface area contributed by atoms with Crippen molar-refractivity contribution in [2.24, 2.45) is 5.92 Å². The Bertz CT molecular complexity index is 1150. The molecule has 0 aliphatic heterocycles. The maximum absolute atomic E-state index is 11.7. The number of nitrogens with zero attached hydrogens (tertiary/aromatic N) is 6. The van der Waals surface area contributed by atoms with Gasteiger partial charge in [0.2, 0.25) is 17.2 Å². The molecule has 2 heterocycles. The van der Waals surface area contributed by atoms with Gasteiger partial charge >= 0.3 is 0 Å². The summed E-state index contributed by atoms with van der Waals surface area (Å²) in [6.07, 6.45) is 6.74. The van der Waals surface area contributed by atoms with Crippen molar-refractivity contribution in [2.45, 2.75) is 44.7 Å². The van der Waals surface area contributed by atoms with Crippen LogP contribution in [0.1, 0.15) is 32.6 Å². The van der Waals surface area contributed by atoms with Gasteiger partial charge in [-0.2, -0.15) is 10.1 Å². The average Bonchev–Trinajstić information content (AvgIpc) is 3.28. The quantitative estimate of drug-likeness (QED) is 0.282. The fraction of sp³-hybridized carbons (Fsp3) is 0.522. The Morgan fingerprint density at radius 1 is 1.26 bits per heavy atom. The summed E-state index contributed by atoms with van der Waals surface area (Å²) < 4.78 is 30.5. The second kappa shape index (κ2) is 11.4. The van der Waals surface area contributed by atoms with Gasteiger partial charge < -0.3 is 15.2 Å². The van der Waals surface area contributed by atoms with Gasteiger partial charge in [-0.25, -0.2) is 18.9 Å². The molecular formula is C23H33N7O4S. The summed E-state index contributed by atoms with van der Waals surface area (Å²) in [5, 5.41) is 19.8. The molecule has 0 spiro atoms. The molecule has 0 radical (unpaired) electrons. The highest BCUT2D eigenvalue weighted by Gasteiger charge is 2.30. The van der Waals surface area contributed by atoms with E-state index < -0.39 is 11.3 Å². The Kier molecular flexibility index (Phi) is 8.29. The van der Waals surface area contributed by atoms with Crippen molar-refractivity contribution in [3.63, 3.8) is 0 Å². The number of nitrogens with one attached hydrogen (secondary N) is 1. The van der Waals surface area contributed by atoms with E-state index >= 15 is 0 Å². The molecular weight excluding hydrogens is 470 g/mol. The van der Waals surface area contributed by atoms with Crippen molar-refractivity contribution in [1.82, 2.24) is 29.2 Å². The molecule has 11 nitrogen and oxygen atoms in total. The van der Waals surface area contributed by atoms with E-state index in [9.17, 15) is 13.9 Å². The topological polar surface area (TPSA) is 129 Å². The summed E-state index contributed by atoms with van der Waals surface area (Å²) in [5.74, 6) is 1.92. The molecule has 190 valence electrons. The summed E-state index contributed by atoms with van der Waals surface area (Å²) >= 11 is -2.03. The van der Waals surface area contributed by atoms with Crippen molar-refractivity contribution in [3.05, 3.63) is 36.7 Å². The number of hydrazine groups is 1. The molecule has 12 heteroatoms. The molecule has 1 aliphatic rings. The summed E-state index contributed by atoms with van der Waals surface area (Å²) in [6, 6.07) is 7.78. The van der Waals surface area contributed by atoms with Crippen LogP contribution >= 0.6 is 0 Å². The van der Waals surface area contributed by atoms with Crippen molar-refractivity contribution < 1.29 is 18.6 Å². The number of benzene rings is 1. The van der Waals surface area contributed by atoms with E-state index in [4.69, 9.17) is 4.74 Å². The molecule has 4 rings (SSSR count). The number of aliphatic hydroxyl groups is 1. The van der Waals surface area contributed by atoms with Crippen LogP contribution in [0.15, 0.2) is 36.7 Å². The van der Waals surface area contributed by atoms with Crippen LogP contribution in [0.25, 0.3) is 16.7 Å². The monoisotopic (exact) mass is 503 g/mol. The molecule has 2 aromatic heterocycles. The van der Waals surface area contributed by atoms with Crippen molar-refractivity contribution >= 4 is 28.1 Å². The Morgan fingerprint density at radius 3 is 2.71 bits per heavy atom. The van der Waals surface area contributed by atoms with Gasteiger partial charge in [-0.05, 0) is 37.8 Å². The van der Waals surface area contributed by atoms with Gasteiger partial charge in [-0.15, -0.1) is 4.41 Å². The van der Waals surface area contributed by atoms with Crippen LogP contribution in [0.3, 0.4) is 0 Å². The van der Waals surface area contributed by atoms with Gasteiger partial charge in [0.25, 0.3) is 0 Å². The number of anilines is 1. The van der Waals surface area contributed by atoms with Gasteiger partial charge in [0.15, 0.2) is 5.82 Å². The summed E-state index contributed by atoms with van der Waals surface area (Å²) in [7, 11) is 3.56. The fourth-order valence-electron chi connectivity index (χ4n) is 4.37. The number of ether oxygens (including phenoxy) is 1. The maximum Gasteiger partial charge on any atom is 0.249 e. The Hall–Kier alpha value is -2.64. The second-order valence-electron chi connectivity index (χ2n) is 9.11. The van der Waals surface area contributed by atoms with E-state index in [0.29, 0.717) is 24.1 Å². The minimum Gasteiger partial charge on any atom is -0.492 e. The molecule has 2 atom stereocenters. The molecule has 1 aromatic carbocycles. The summed E-state index contributed by atoms with van der Waals surface area (Å²) in [4.78, 5) is 9.08. The molecule has 1 fully saturated rings. The van der Waals surface area contributed by atoms with Crippen molar-refractivity contribution in [2.75, 3.05) is 32.6 Å². The molecule has 3 aromatic rings. The largest absolute Gasteiger partial charge is 0.492 e. The SMILES string of the molecule is CC(CO)COc1cccc2c1cnn2-c1ccnc(NC2CCC(N(N(C)C)S(=O)O)CC2)n1. The highest BCUT2D eigenvalue weighted by molar-refractivity contribution is 7.76. The number of fused-ring (bicyclic) bond motifs is 1. The van der Waals surface area contributed by atoms with Gasteiger partial charge in [0.05, 0.1) is 23.7 Å². The van der Waals surface area contributed by atoms with Crippen LogP contribution in [0.2, 0.25) is 0 Å². The molecule has 3 N–H and O–H groups in total. The van der Waals surface area contributed by atoms with Crippen molar-refractivity contribution in [3.8, 4) is 11.6 Å². The van der Waals surface area contributed by atoms with Crippen LogP contribution in [-0.4, -0.2) is 82.4 Å². The first kappa shape index (κ1) is 25.5. The van der Waals surface area contributed by atoms with E-state index in [2.05, 4.69) is 20.4 Å². The van der Waals surface area contributed by atoms with Crippen LogP contribution < -0.4 is 10.1 Å². The Labute approximate surface area is 207 Å². The average molecular weight is 504 g/mol. The van der Waals surface area contributed by atoms with Crippen LogP contribution in [0, 0.1) is 5.92 Å². The fourth-order valence-corrected chi connectivity index (χ4v) is 5.12. The van der Waals surface area contributed by atoms with Gasteiger partial charge in [0.1, 0.15) is 5.75 Å². The number of aliphatic hydroxyl groups excluding tert-OH is 1. The highest BCUT2D eigenvalue weighted by Crippen LogP contribution is 2.28. The molecule has 0 amide bonds. The zero-order chi connectivity index (χ0) is 24.9. The minimum atomic E-state index is -2.03. The van der Waals surface area contributed by atoms with Crippen LogP contribution in [0.4, 0.5) is 5.95 Å². The van der Waals surface area contributed by atoms with Crippen LogP contribution in [-0.2, 0) is 11.3 Å². The predicted molar refractivity (Wildman–Crippen MR) is 134 cm³/mol. The lowest BCUT2D eigenvalue weighted by Crippen LogP contribution is -2.48. The number of hydrogen-bond acceptors (Lipinski definition) is 8.